The molecule has 122 valence electrons. The van der Waals surface area contributed by atoms with Gasteiger partial charge in [-0.3, -0.25) is 4.79 Å². The van der Waals surface area contributed by atoms with Gasteiger partial charge in [0.15, 0.2) is 17.5 Å². The Bertz CT molecular complexity index is 851. The summed E-state index contributed by atoms with van der Waals surface area (Å²) in [5.74, 6) is -1.84. The molecule has 1 aromatic heterocycles. The van der Waals surface area contributed by atoms with E-state index >= 15 is 0 Å². The summed E-state index contributed by atoms with van der Waals surface area (Å²) in [7, 11) is 0. The zero-order valence-electron chi connectivity index (χ0n) is 12.5. The summed E-state index contributed by atoms with van der Waals surface area (Å²) in [5.41, 5.74) is 1.15. The molecular weight excluding hydrogens is 316 g/mol. The molecule has 2 aromatic carbocycles. The SMILES string of the molecule is O=C(Cc1ccccc1)NCc1nnnn1-c1ccc(F)c(F)c1. The monoisotopic (exact) mass is 329 g/mol. The third-order valence-corrected chi connectivity index (χ3v) is 3.33. The van der Waals surface area contributed by atoms with Crippen LogP contribution in [0, 0.1) is 11.6 Å². The van der Waals surface area contributed by atoms with E-state index in [1.807, 2.05) is 30.3 Å². The van der Waals surface area contributed by atoms with Crippen LogP contribution in [0.25, 0.3) is 5.69 Å². The van der Waals surface area contributed by atoms with E-state index in [0.717, 1.165) is 17.7 Å². The largest absolute Gasteiger partial charge is 0.348 e. The van der Waals surface area contributed by atoms with Crippen LogP contribution in [-0.2, 0) is 17.8 Å². The summed E-state index contributed by atoms with van der Waals surface area (Å²) in [6.07, 6.45) is 0.230. The van der Waals surface area contributed by atoms with Gasteiger partial charge in [-0.25, -0.2) is 8.78 Å². The van der Waals surface area contributed by atoms with Crippen molar-refractivity contribution in [1.29, 1.82) is 0 Å². The predicted octanol–water partition coefficient (Wildman–Crippen LogP) is 1.80. The van der Waals surface area contributed by atoms with Gasteiger partial charge in [0.1, 0.15) is 0 Å². The Morgan fingerprint density at radius 1 is 1.08 bits per heavy atom. The van der Waals surface area contributed by atoms with Gasteiger partial charge >= 0.3 is 0 Å². The van der Waals surface area contributed by atoms with Crippen molar-refractivity contribution in [3.8, 4) is 5.69 Å². The Kier molecular flexibility index (Phi) is 4.55. The fraction of sp³-hybridized carbons (Fsp3) is 0.125. The molecule has 3 aromatic rings. The van der Waals surface area contributed by atoms with Gasteiger partial charge in [0.2, 0.25) is 5.91 Å². The Morgan fingerprint density at radius 2 is 1.88 bits per heavy atom. The van der Waals surface area contributed by atoms with E-state index in [1.54, 1.807) is 0 Å². The maximum Gasteiger partial charge on any atom is 0.224 e. The molecule has 0 atom stereocenters. The lowest BCUT2D eigenvalue weighted by Gasteiger charge is -2.07. The quantitative estimate of drug-likeness (QED) is 0.775. The van der Waals surface area contributed by atoms with Crippen LogP contribution in [0.1, 0.15) is 11.4 Å². The van der Waals surface area contributed by atoms with E-state index in [9.17, 15) is 13.6 Å². The average Bonchev–Trinajstić information content (AvgIpc) is 3.05. The molecule has 0 fully saturated rings. The molecule has 1 amide bonds. The van der Waals surface area contributed by atoms with E-state index in [1.165, 1.54) is 10.7 Å². The molecule has 8 heteroatoms. The number of tetrazole rings is 1. The molecule has 0 saturated carbocycles. The highest BCUT2D eigenvalue weighted by Gasteiger charge is 2.12. The molecule has 0 spiro atoms. The van der Waals surface area contributed by atoms with Gasteiger partial charge < -0.3 is 5.32 Å². The summed E-state index contributed by atoms with van der Waals surface area (Å²) in [4.78, 5) is 12.0. The van der Waals surface area contributed by atoms with Gasteiger partial charge in [-0.2, -0.15) is 4.68 Å². The number of benzene rings is 2. The second kappa shape index (κ2) is 6.95. The van der Waals surface area contributed by atoms with Crippen molar-refractivity contribution in [2.24, 2.45) is 0 Å². The minimum Gasteiger partial charge on any atom is -0.348 e. The molecular formula is C16H13F2N5O. The molecule has 24 heavy (non-hydrogen) atoms. The first-order chi connectivity index (χ1) is 11.6. The number of rotatable bonds is 5. The molecule has 0 aliphatic rings. The smallest absolute Gasteiger partial charge is 0.224 e. The number of amides is 1. The van der Waals surface area contributed by atoms with E-state index in [4.69, 9.17) is 0 Å². The summed E-state index contributed by atoms with van der Waals surface area (Å²) < 4.78 is 27.6. The summed E-state index contributed by atoms with van der Waals surface area (Å²) >= 11 is 0. The Balaban J connectivity index is 1.67. The number of nitrogens with one attached hydrogen (secondary N) is 1. The lowest BCUT2D eigenvalue weighted by Crippen LogP contribution is -2.26. The van der Waals surface area contributed by atoms with Gasteiger partial charge in [-0.05, 0) is 28.1 Å². The number of carbonyl (C=O) groups is 1. The highest BCUT2D eigenvalue weighted by molar-refractivity contribution is 5.78. The van der Waals surface area contributed by atoms with Crippen LogP contribution in [0.4, 0.5) is 8.78 Å². The highest BCUT2D eigenvalue weighted by atomic mass is 19.2. The van der Waals surface area contributed by atoms with Crippen molar-refractivity contribution in [3.63, 3.8) is 0 Å². The second-order valence-electron chi connectivity index (χ2n) is 5.04. The molecule has 6 nitrogen and oxygen atoms in total. The van der Waals surface area contributed by atoms with Crippen molar-refractivity contribution in [3.05, 3.63) is 71.6 Å². The molecule has 3 rings (SSSR count). The normalized spacial score (nSPS) is 10.6. The topological polar surface area (TPSA) is 72.7 Å². The van der Waals surface area contributed by atoms with Crippen LogP contribution in [-0.4, -0.2) is 26.1 Å². The van der Waals surface area contributed by atoms with Gasteiger partial charge in [0.25, 0.3) is 0 Å². The van der Waals surface area contributed by atoms with Gasteiger partial charge in [0.05, 0.1) is 18.7 Å². The zero-order valence-corrected chi connectivity index (χ0v) is 12.5. The van der Waals surface area contributed by atoms with Crippen molar-refractivity contribution in [2.75, 3.05) is 0 Å². The zero-order chi connectivity index (χ0) is 16.9. The molecule has 0 unspecified atom stereocenters. The van der Waals surface area contributed by atoms with E-state index in [-0.39, 0.29) is 24.6 Å². The maximum atomic E-state index is 13.3. The van der Waals surface area contributed by atoms with Crippen LogP contribution >= 0.6 is 0 Å². The first-order valence-electron chi connectivity index (χ1n) is 7.17. The van der Waals surface area contributed by atoms with Crippen molar-refractivity contribution < 1.29 is 13.6 Å². The molecule has 0 saturated heterocycles. The van der Waals surface area contributed by atoms with Crippen molar-refractivity contribution in [1.82, 2.24) is 25.5 Å². The van der Waals surface area contributed by atoms with Crippen LogP contribution < -0.4 is 5.32 Å². The molecule has 0 radical (unpaired) electrons. The molecule has 1 N–H and O–H groups in total. The molecule has 1 heterocycles. The van der Waals surface area contributed by atoms with Gasteiger partial charge in [0, 0.05) is 6.07 Å². The van der Waals surface area contributed by atoms with Gasteiger partial charge in [-0.1, -0.05) is 30.3 Å². The first-order valence-corrected chi connectivity index (χ1v) is 7.17. The van der Waals surface area contributed by atoms with Crippen LogP contribution in [0.2, 0.25) is 0 Å². The number of nitrogens with zero attached hydrogens (tertiary/aromatic N) is 4. The third kappa shape index (κ3) is 3.60. The lowest BCUT2D eigenvalue weighted by atomic mass is 10.1. The second-order valence-corrected chi connectivity index (χ2v) is 5.04. The maximum absolute atomic E-state index is 13.3. The molecule has 0 aliphatic carbocycles. The number of hydrogen-bond donors (Lipinski definition) is 1. The van der Waals surface area contributed by atoms with E-state index in [0.29, 0.717) is 5.82 Å². The minimum atomic E-state index is -0.998. The fourth-order valence-electron chi connectivity index (χ4n) is 2.15. The lowest BCUT2D eigenvalue weighted by molar-refractivity contribution is -0.120. The number of halogens is 2. The predicted molar refractivity (Wildman–Crippen MR) is 81.1 cm³/mol. The minimum absolute atomic E-state index is 0.0671. The highest BCUT2D eigenvalue weighted by Crippen LogP contribution is 2.13. The molecule has 0 bridgehead atoms. The van der Waals surface area contributed by atoms with Crippen LogP contribution in [0.15, 0.2) is 48.5 Å². The first kappa shape index (κ1) is 15.7. The molecule has 0 aliphatic heterocycles. The summed E-state index contributed by atoms with van der Waals surface area (Å²) in [6.45, 7) is 0.0671. The van der Waals surface area contributed by atoms with E-state index < -0.39 is 11.6 Å². The van der Waals surface area contributed by atoms with Crippen LogP contribution in [0.5, 0.6) is 0 Å². The summed E-state index contributed by atoms with van der Waals surface area (Å²) in [5, 5.41) is 13.7. The Labute approximate surface area is 136 Å². The Morgan fingerprint density at radius 3 is 2.62 bits per heavy atom. The van der Waals surface area contributed by atoms with Crippen molar-refractivity contribution >= 4 is 5.91 Å². The van der Waals surface area contributed by atoms with E-state index in [2.05, 4.69) is 20.8 Å². The Hall–Kier alpha value is -3.16. The van der Waals surface area contributed by atoms with Gasteiger partial charge in [-0.15, -0.1) is 5.10 Å². The standard InChI is InChI=1S/C16H13F2N5O/c17-13-7-6-12(9-14(13)18)23-15(20-21-22-23)10-19-16(24)8-11-4-2-1-3-5-11/h1-7,9H,8,10H2,(H,19,24). The summed E-state index contributed by atoms with van der Waals surface area (Å²) in [6, 6.07) is 12.6. The fourth-order valence-corrected chi connectivity index (χ4v) is 2.15. The third-order valence-electron chi connectivity index (χ3n) is 3.33. The number of hydrogen-bond acceptors (Lipinski definition) is 4. The average molecular weight is 329 g/mol. The number of carbonyl (C=O) groups excluding carboxylic acids is 1. The number of aromatic nitrogens is 4. The van der Waals surface area contributed by atoms with Crippen LogP contribution in [0.3, 0.4) is 0 Å². The van der Waals surface area contributed by atoms with Crippen molar-refractivity contribution in [2.45, 2.75) is 13.0 Å².